The van der Waals surface area contributed by atoms with Gasteiger partial charge in [-0.15, -0.1) is 0 Å². The second-order valence-electron chi connectivity index (χ2n) is 4.05. The van der Waals surface area contributed by atoms with E-state index in [1.54, 1.807) is 0 Å². The molecular formula is C14H28I2O6. The first-order chi connectivity index (χ1) is 10.9. The van der Waals surface area contributed by atoms with Gasteiger partial charge in [0.25, 0.3) is 0 Å². The molecule has 134 valence electrons. The van der Waals surface area contributed by atoms with Gasteiger partial charge in [-0.2, -0.15) is 0 Å². The molecule has 0 heterocycles. The summed E-state index contributed by atoms with van der Waals surface area (Å²) in [5.74, 6) is 0. The maximum absolute atomic E-state index is 5.38. The predicted octanol–water partition coefficient (Wildman–Crippen LogP) is 1.96. The summed E-state index contributed by atoms with van der Waals surface area (Å²) in [7, 11) is 0. The SMILES string of the molecule is ICCOCCOCCOCCOCCOCCOCCI. The molecule has 0 radical (unpaired) electrons. The highest BCUT2D eigenvalue weighted by Gasteiger charge is 1.93. The molecule has 0 aromatic rings. The monoisotopic (exact) mass is 546 g/mol. The Labute approximate surface area is 161 Å². The fraction of sp³-hybridized carbons (Fsp3) is 1.00. The van der Waals surface area contributed by atoms with Crippen molar-refractivity contribution in [3.63, 3.8) is 0 Å². The first-order valence-corrected chi connectivity index (χ1v) is 10.5. The lowest BCUT2D eigenvalue weighted by Gasteiger charge is -2.07. The van der Waals surface area contributed by atoms with Crippen molar-refractivity contribution in [1.82, 2.24) is 0 Å². The highest BCUT2D eigenvalue weighted by Crippen LogP contribution is 1.86. The molecule has 0 amide bonds. The molecule has 0 spiro atoms. The van der Waals surface area contributed by atoms with E-state index in [2.05, 4.69) is 45.2 Å². The fourth-order valence-electron chi connectivity index (χ4n) is 1.31. The standard InChI is InChI=1S/C14H28I2O6/c15-1-3-17-5-7-19-9-11-21-13-14-22-12-10-20-8-6-18-4-2-16/h1-14H2. The van der Waals surface area contributed by atoms with Crippen molar-refractivity contribution in [1.29, 1.82) is 0 Å². The van der Waals surface area contributed by atoms with Crippen LogP contribution in [-0.4, -0.2) is 88.1 Å². The number of hydrogen-bond donors (Lipinski definition) is 0. The molecule has 0 saturated carbocycles. The average molecular weight is 546 g/mol. The van der Waals surface area contributed by atoms with Gasteiger partial charge in [0.15, 0.2) is 0 Å². The second kappa shape index (κ2) is 22.2. The highest BCUT2D eigenvalue weighted by molar-refractivity contribution is 14.1. The number of rotatable bonds is 19. The van der Waals surface area contributed by atoms with Crippen molar-refractivity contribution in [3.05, 3.63) is 0 Å². The Hall–Kier alpha value is 1.22. The molecule has 0 aliphatic rings. The molecule has 0 N–H and O–H groups in total. The topological polar surface area (TPSA) is 55.4 Å². The summed E-state index contributed by atoms with van der Waals surface area (Å²) in [4.78, 5) is 0. The lowest BCUT2D eigenvalue weighted by molar-refractivity contribution is -0.0153. The van der Waals surface area contributed by atoms with E-state index in [1.807, 2.05) is 0 Å². The summed E-state index contributed by atoms with van der Waals surface area (Å²) < 4.78 is 34.1. The van der Waals surface area contributed by atoms with Gasteiger partial charge in [-0.3, -0.25) is 0 Å². The molecule has 0 fully saturated rings. The van der Waals surface area contributed by atoms with Gasteiger partial charge in [0, 0.05) is 8.86 Å². The van der Waals surface area contributed by atoms with E-state index in [0.717, 1.165) is 22.1 Å². The van der Waals surface area contributed by atoms with Gasteiger partial charge in [-0.1, -0.05) is 45.2 Å². The first kappa shape index (κ1) is 23.2. The van der Waals surface area contributed by atoms with Gasteiger partial charge in [-0.25, -0.2) is 0 Å². The third kappa shape index (κ3) is 21.2. The molecule has 0 rings (SSSR count). The van der Waals surface area contributed by atoms with Crippen LogP contribution in [0.4, 0.5) is 0 Å². The molecule has 0 aliphatic carbocycles. The zero-order valence-electron chi connectivity index (χ0n) is 13.1. The minimum absolute atomic E-state index is 0.577. The molecule has 6 nitrogen and oxygen atoms in total. The number of halogens is 2. The first-order valence-electron chi connectivity index (χ1n) is 7.50. The molecule has 0 bridgehead atoms. The lowest BCUT2D eigenvalue weighted by atomic mass is 10.7. The molecule has 0 atom stereocenters. The summed E-state index contributed by atoms with van der Waals surface area (Å²) in [6.45, 7) is 7.61. The maximum Gasteiger partial charge on any atom is 0.0701 e. The van der Waals surface area contributed by atoms with Gasteiger partial charge in [0.1, 0.15) is 0 Å². The Kier molecular flexibility index (Phi) is 23.5. The van der Waals surface area contributed by atoms with Crippen LogP contribution in [-0.2, 0) is 28.4 Å². The van der Waals surface area contributed by atoms with E-state index in [9.17, 15) is 0 Å². The minimum Gasteiger partial charge on any atom is -0.378 e. The number of alkyl halides is 2. The van der Waals surface area contributed by atoms with Crippen LogP contribution >= 0.6 is 45.2 Å². The third-order valence-corrected chi connectivity index (χ3v) is 3.18. The zero-order chi connectivity index (χ0) is 16.1. The van der Waals surface area contributed by atoms with Crippen LogP contribution in [0.3, 0.4) is 0 Å². The van der Waals surface area contributed by atoms with Gasteiger partial charge in [0.05, 0.1) is 79.3 Å². The van der Waals surface area contributed by atoms with E-state index >= 15 is 0 Å². The highest BCUT2D eigenvalue weighted by atomic mass is 127. The Bertz CT molecular complexity index is 180. The van der Waals surface area contributed by atoms with E-state index in [4.69, 9.17) is 28.4 Å². The van der Waals surface area contributed by atoms with Crippen molar-refractivity contribution in [2.45, 2.75) is 0 Å². The van der Waals surface area contributed by atoms with E-state index < -0.39 is 0 Å². The van der Waals surface area contributed by atoms with Crippen LogP contribution in [0, 0.1) is 0 Å². The quantitative estimate of drug-likeness (QED) is 0.140. The van der Waals surface area contributed by atoms with Crippen molar-refractivity contribution in [3.8, 4) is 0 Å². The Balaban J connectivity index is 2.91. The molecule has 0 unspecified atom stereocenters. The fourth-order valence-corrected chi connectivity index (χ4v) is 1.93. The third-order valence-electron chi connectivity index (χ3n) is 2.30. The van der Waals surface area contributed by atoms with E-state index in [1.165, 1.54) is 0 Å². The van der Waals surface area contributed by atoms with Crippen molar-refractivity contribution >= 4 is 45.2 Å². The summed E-state index contributed by atoms with van der Waals surface area (Å²) in [6, 6.07) is 0. The normalized spacial score (nSPS) is 11.2. The van der Waals surface area contributed by atoms with Crippen LogP contribution in [0.5, 0.6) is 0 Å². The van der Waals surface area contributed by atoms with Gasteiger partial charge in [-0.05, 0) is 0 Å². The van der Waals surface area contributed by atoms with Crippen LogP contribution in [0.15, 0.2) is 0 Å². The summed E-state index contributed by atoms with van der Waals surface area (Å²) in [5, 5.41) is 0. The van der Waals surface area contributed by atoms with Crippen LogP contribution in [0.25, 0.3) is 0 Å². The lowest BCUT2D eigenvalue weighted by Crippen LogP contribution is -2.14. The van der Waals surface area contributed by atoms with Crippen LogP contribution in [0.2, 0.25) is 0 Å². The largest absolute Gasteiger partial charge is 0.378 e. The van der Waals surface area contributed by atoms with Crippen molar-refractivity contribution in [2.75, 3.05) is 88.1 Å². The van der Waals surface area contributed by atoms with E-state index in [0.29, 0.717) is 66.1 Å². The summed E-state index contributed by atoms with van der Waals surface area (Å²) in [6.07, 6.45) is 0. The molecule has 0 aromatic carbocycles. The maximum atomic E-state index is 5.38. The average Bonchev–Trinajstić information content (AvgIpc) is 2.54. The smallest absolute Gasteiger partial charge is 0.0701 e. The predicted molar refractivity (Wildman–Crippen MR) is 103 cm³/mol. The minimum atomic E-state index is 0.577. The molecule has 22 heavy (non-hydrogen) atoms. The molecule has 0 aromatic heterocycles. The molecular weight excluding hydrogens is 518 g/mol. The Morgan fingerprint density at radius 1 is 0.318 bits per heavy atom. The molecule has 8 heteroatoms. The van der Waals surface area contributed by atoms with Crippen LogP contribution < -0.4 is 0 Å². The van der Waals surface area contributed by atoms with E-state index in [-0.39, 0.29) is 0 Å². The molecule has 0 aliphatic heterocycles. The second-order valence-corrected chi connectivity index (χ2v) is 6.21. The number of hydrogen-bond acceptors (Lipinski definition) is 6. The van der Waals surface area contributed by atoms with Gasteiger partial charge < -0.3 is 28.4 Å². The van der Waals surface area contributed by atoms with Crippen molar-refractivity contribution in [2.24, 2.45) is 0 Å². The van der Waals surface area contributed by atoms with Crippen LogP contribution in [0.1, 0.15) is 0 Å². The van der Waals surface area contributed by atoms with Crippen molar-refractivity contribution < 1.29 is 28.4 Å². The summed E-state index contributed by atoms with van der Waals surface area (Å²) in [5.41, 5.74) is 0. The Morgan fingerprint density at radius 3 is 0.682 bits per heavy atom. The molecule has 0 saturated heterocycles. The zero-order valence-corrected chi connectivity index (χ0v) is 17.4. The number of ether oxygens (including phenoxy) is 6. The summed E-state index contributed by atoms with van der Waals surface area (Å²) >= 11 is 4.56. The van der Waals surface area contributed by atoms with Gasteiger partial charge >= 0.3 is 0 Å². The van der Waals surface area contributed by atoms with Gasteiger partial charge in [0.2, 0.25) is 0 Å². The Morgan fingerprint density at radius 2 is 0.500 bits per heavy atom.